The largest absolute Gasteiger partial charge is 0.494 e. The summed E-state index contributed by atoms with van der Waals surface area (Å²) in [4.78, 5) is 19.1. The number of carbonyl (C=O) groups excluding carboxylic acids is 1. The van der Waals surface area contributed by atoms with E-state index in [2.05, 4.69) is 26.6 Å². The van der Waals surface area contributed by atoms with E-state index >= 15 is 0 Å². The Balaban J connectivity index is 1.66. The Kier molecular flexibility index (Phi) is 7.53. The number of hydrogen-bond acceptors (Lipinski definition) is 7. The molecule has 0 bridgehead atoms. The van der Waals surface area contributed by atoms with Gasteiger partial charge in [-0.1, -0.05) is 17.7 Å². The predicted molar refractivity (Wildman–Crippen MR) is 134 cm³/mol. The third-order valence-corrected chi connectivity index (χ3v) is 6.52. The summed E-state index contributed by atoms with van der Waals surface area (Å²) in [5.41, 5.74) is 2.21. The molecule has 10 heteroatoms. The van der Waals surface area contributed by atoms with E-state index in [9.17, 15) is 14.4 Å². The Hall–Kier alpha value is -3.32. The highest BCUT2D eigenvalue weighted by Gasteiger charge is 2.15. The van der Waals surface area contributed by atoms with Gasteiger partial charge >= 0.3 is 0 Å². The lowest BCUT2D eigenvalue weighted by atomic mass is 10.1. The summed E-state index contributed by atoms with van der Waals surface area (Å²) < 4.78 is 19.0. The summed E-state index contributed by atoms with van der Waals surface area (Å²) in [6, 6.07) is 9.67. The molecule has 2 N–H and O–H groups in total. The van der Waals surface area contributed by atoms with E-state index in [0.29, 0.717) is 40.3 Å². The molecular formula is C24H21ClFN5O2S. The molecule has 1 fully saturated rings. The number of pyridine rings is 1. The van der Waals surface area contributed by atoms with Crippen molar-refractivity contribution in [2.75, 3.05) is 42.5 Å². The Morgan fingerprint density at radius 1 is 1.41 bits per heavy atom. The molecule has 2 heterocycles. The first-order valence-corrected chi connectivity index (χ1v) is 11.9. The zero-order chi connectivity index (χ0) is 24.1. The minimum Gasteiger partial charge on any atom is -0.494 e. The van der Waals surface area contributed by atoms with Gasteiger partial charge < -0.3 is 15.4 Å². The molecule has 1 saturated heterocycles. The molecule has 0 saturated carbocycles. The van der Waals surface area contributed by atoms with Gasteiger partial charge in [0.25, 0.3) is 0 Å². The lowest BCUT2D eigenvalue weighted by Crippen LogP contribution is -2.19. The zero-order valence-corrected chi connectivity index (χ0v) is 19.8. The molecular weight excluding hydrogens is 477 g/mol. The number of aromatic nitrogens is 1. The van der Waals surface area contributed by atoms with Crippen molar-refractivity contribution in [3.05, 3.63) is 65.1 Å². The van der Waals surface area contributed by atoms with Crippen LogP contribution in [-0.2, 0) is 4.79 Å². The van der Waals surface area contributed by atoms with E-state index < -0.39 is 5.82 Å². The molecule has 0 aliphatic carbocycles. The van der Waals surface area contributed by atoms with Gasteiger partial charge in [0, 0.05) is 54.1 Å². The summed E-state index contributed by atoms with van der Waals surface area (Å²) >= 11 is 7.78. The number of carbonyl (C=O) groups is 1. The van der Waals surface area contributed by atoms with Gasteiger partial charge in [-0.05, 0) is 24.3 Å². The Labute approximate surface area is 205 Å². The molecule has 0 spiro atoms. The van der Waals surface area contributed by atoms with Gasteiger partial charge in [-0.2, -0.15) is 5.26 Å². The molecule has 4 rings (SSSR count). The number of ether oxygens (including phenoxy) is 1. The molecule has 1 aromatic heterocycles. The van der Waals surface area contributed by atoms with Crippen LogP contribution in [0.2, 0.25) is 5.02 Å². The average molecular weight is 498 g/mol. The first-order valence-electron chi connectivity index (χ1n) is 10.4. The number of hydrogen-bond donors (Lipinski definition) is 2. The number of nitrogens with one attached hydrogen (secondary N) is 2. The van der Waals surface area contributed by atoms with E-state index in [-0.39, 0.29) is 16.5 Å². The molecule has 3 aromatic rings. The van der Waals surface area contributed by atoms with E-state index in [1.54, 1.807) is 12.1 Å². The quantitative estimate of drug-likeness (QED) is 0.436. The van der Waals surface area contributed by atoms with Gasteiger partial charge in [0.2, 0.25) is 5.91 Å². The smallest absolute Gasteiger partial charge is 0.248 e. The molecule has 174 valence electrons. The van der Waals surface area contributed by atoms with Crippen LogP contribution in [0.1, 0.15) is 5.56 Å². The van der Waals surface area contributed by atoms with Crippen LogP contribution in [0.25, 0.3) is 10.9 Å². The highest BCUT2D eigenvalue weighted by atomic mass is 35.5. The summed E-state index contributed by atoms with van der Waals surface area (Å²) in [5.74, 6) is 1.66. The highest BCUT2D eigenvalue weighted by Crippen LogP contribution is 2.36. The second-order valence-electron chi connectivity index (χ2n) is 7.49. The van der Waals surface area contributed by atoms with Gasteiger partial charge in [0.15, 0.2) is 0 Å². The number of amides is 1. The fourth-order valence-corrected chi connectivity index (χ4v) is 4.69. The molecule has 1 aliphatic heterocycles. The average Bonchev–Trinajstić information content (AvgIpc) is 3.35. The number of thioether (sulfide) groups is 1. The third kappa shape index (κ3) is 5.42. The van der Waals surface area contributed by atoms with Crippen molar-refractivity contribution in [1.29, 1.82) is 5.26 Å². The molecule has 7 nitrogen and oxygen atoms in total. The van der Waals surface area contributed by atoms with Crippen molar-refractivity contribution < 1.29 is 13.9 Å². The maximum atomic E-state index is 13.6. The minimum absolute atomic E-state index is 0.0456. The minimum atomic E-state index is -0.543. The van der Waals surface area contributed by atoms with E-state index in [1.807, 2.05) is 17.8 Å². The summed E-state index contributed by atoms with van der Waals surface area (Å²) in [6.45, 7) is 1.72. The van der Waals surface area contributed by atoms with Crippen molar-refractivity contribution in [2.24, 2.45) is 0 Å². The van der Waals surface area contributed by atoms with Crippen LogP contribution >= 0.6 is 23.4 Å². The standard InChI is InChI=1S/C24H21ClFN5O2S/c1-33-22-11-20-17(10-21(22)30-23(32)3-2-6-31-7-8-34-14-31)24(15(12-27)13-28-20)29-16-4-5-19(26)18(25)9-16/h2-5,9-11,13H,6-8,14H2,1H3,(H,28,29)(H,30,32)/b3-2+. The van der Waals surface area contributed by atoms with Gasteiger partial charge in [-0.15, -0.1) is 11.8 Å². The number of fused-ring (bicyclic) bond motifs is 1. The highest BCUT2D eigenvalue weighted by molar-refractivity contribution is 7.99. The number of anilines is 3. The number of halogens is 2. The topological polar surface area (TPSA) is 90.3 Å². The van der Waals surface area contributed by atoms with Gasteiger partial charge in [0.1, 0.15) is 17.6 Å². The van der Waals surface area contributed by atoms with Crippen molar-refractivity contribution in [2.45, 2.75) is 0 Å². The fraction of sp³-hybridized carbons (Fsp3) is 0.208. The second-order valence-corrected chi connectivity index (χ2v) is 8.97. The van der Waals surface area contributed by atoms with Crippen LogP contribution in [0.3, 0.4) is 0 Å². The van der Waals surface area contributed by atoms with Crippen LogP contribution < -0.4 is 15.4 Å². The van der Waals surface area contributed by atoms with Crippen LogP contribution in [-0.4, -0.2) is 47.6 Å². The van der Waals surface area contributed by atoms with E-state index in [1.165, 1.54) is 37.6 Å². The first kappa shape index (κ1) is 23.8. The maximum Gasteiger partial charge on any atom is 0.248 e. The Morgan fingerprint density at radius 2 is 2.26 bits per heavy atom. The van der Waals surface area contributed by atoms with E-state index in [4.69, 9.17) is 16.3 Å². The Morgan fingerprint density at radius 3 is 2.97 bits per heavy atom. The predicted octanol–water partition coefficient (Wildman–Crippen LogP) is 5.15. The number of rotatable bonds is 7. The molecule has 34 heavy (non-hydrogen) atoms. The van der Waals surface area contributed by atoms with Gasteiger partial charge in [-0.3, -0.25) is 14.7 Å². The number of methoxy groups -OCH3 is 1. The number of nitrogens with zero attached hydrogens (tertiary/aromatic N) is 3. The monoisotopic (exact) mass is 497 g/mol. The third-order valence-electron chi connectivity index (χ3n) is 5.22. The summed E-state index contributed by atoms with van der Waals surface area (Å²) in [7, 11) is 1.50. The second kappa shape index (κ2) is 10.7. The molecule has 1 aliphatic rings. The molecule has 2 aromatic carbocycles. The molecule has 0 atom stereocenters. The van der Waals surface area contributed by atoms with Crippen LogP contribution in [0.15, 0.2) is 48.7 Å². The van der Waals surface area contributed by atoms with Crippen molar-refractivity contribution in [1.82, 2.24) is 9.88 Å². The lowest BCUT2D eigenvalue weighted by Gasteiger charge is -2.15. The number of nitriles is 1. The van der Waals surface area contributed by atoms with Crippen molar-refractivity contribution in [3.63, 3.8) is 0 Å². The van der Waals surface area contributed by atoms with Crippen molar-refractivity contribution in [3.8, 4) is 11.8 Å². The molecule has 0 unspecified atom stereocenters. The SMILES string of the molecule is COc1cc2ncc(C#N)c(Nc3ccc(F)c(Cl)c3)c2cc1NC(=O)/C=C/CN1CCSC1. The summed E-state index contributed by atoms with van der Waals surface area (Å²) in [5, 5.41) is 16.1. The molecule has 1 amide bonds. The van der Waals surface area contributed by atoms with E-state index in [0.717, 1.165) is 18.2 Å². The maximum absolute atomic E-state index is 13.6. The van der Waals surface area contributed by atoms with Crippen molar-refractivity contribution >= 4 is 57.2 Å². The summed E-state index contributed by atoms with van der Waals surface area (Å²) in [6.07, 6.45) is 4.76. The van der Waals surface area contributed by atoms with Crippen LogP contribution in [0.5, 0.6) is 5.75 Å². The van der Waals surface area contributed by atoms with Gasteiger partial charge in [-0.25, -0.2) is 4.39 Å². The van der Waals surface area contributed by atoms with Crippen LogP contribution in [0, 0.1) is 17.1 Å². The number of benzene rings is 2. The van der Waals surface area contributed by atoms with Gasteiger partial charge in [0.05, 0.1) is 34.6 Å². The first-order chi connectivity index (χ1) is 16.5. The molecule has 0 radical (unpaired) electrons. The normalized spacial score (nSPS) is 13.8. The Bertz CT molecular complexity index is 1300. The lowest BCUT2D eigenvalue weighted by molar-refractivity contribution is -0.111. The fourth-order valence-electron chi connectivity index (χ4n) is 3.50. The zero-order valence-electron chi connectivity index (χ0n) is 18.3. The van der Waals surface area contributed by atoms with Crippen LogP contribution in [0.4, 0.5) is 21.5 Å².